The molecule has 90 valence electrons. The Kier molecular flexibility index (Phi) is 3.14. The van der Waals surface area contributed by atoms with Crippen molar-refractivity contribution in [3.63, 3.8) is 0 Å². The molecule has 0 unspecified atom stereocenters. The van der Waals surface area contributed by atoms with Gasteiger partial charge in [0.05, 0.1) is 5.41 Å². The summed E-state index contributed by atoms with van der Waals surface area (Å²) in [5, 5.41) is 0. The maximum Gasteiger partial charge on any atom is 0.140 e. The molecule has 1 saturated carbocycles. The summed E-state index contributed by atoms with van der Waals surface area (Å²) >= 11 is 0. The van der Waals surface area contributed by atoms with Crippen LogP contribution < -0.4 is 0 Å². The molecule has 1 fully saturated rings. The van der Waals surface area contributed by atoms with Gasteiger partial charge in [-0.15, -0.1) is 0 Å². The lowest BCUT2D eigenvalue weighted by Crippen LogP contribution is -2.38. The zero-order valence-corrected chi connectivity index (χ0v) is 10.5. The summed E-state index contributed by atoms with van der Waals surface area (Å²) in [4.78, 5) is 23.4. The van der Waals surface area contributed by atoms with Gasteiger partial charge in [0.25, 0.3) is 0 Å². The summed E-state index contributed by atoms with van der Waals surface area (Å²) in [6, 6.07) is 8.12. The molecule has 0 N–H and O–H groups in total. The fourth-order valence-corrected chi connectivity index (χ4v) is 2.74. The second-order valence-corrected chi connectivity index (χ2v) is 5.05. The topological polar surface area (TPSA) is 34.1 Å². The molecular weight excluding hydrogens is 212 g/mol. The van der Waals surface area contributed by atoms with Crippen LogP contribution in [-0.4, -0.2) is 11.6 Å². The predicted molar refractivity (Wildman–Crippen MR) is 67.0 cm³/mol. The molecule has 0 aromatic heterocycles. The molecule has 2 nitrogen and oxygen atoms in total. The standard InChI is InChI=1S/C15H18O2/c1-11-4-3-5-13(10-11)15(12(2)16)8-6-14(17)7-9-15/h3-5,10H,6-9H2,1-2H3. The predicted octanol–water partition coefficient (Wildman–Crippen LogP) is 2.96. The molecule has 0 heterocycles. The highest BCUT2D eigenvalue weighted by Crippen LogP contribution is 2.39. The van der Waals surface area contributed by atoms with Gasteiger partial charge in [-0.2, -0.15) is 0 Å². The van der Waals surface area contributed by atoms with Crippen LogP contribution >= 0.6 is 0 Å². The Bertz CT molecular complexity index is 450. The van der Waals surface area contributed by atoms with E-state index in [1.54, 1.807) is 6.92 Å². The smallest absolute Gasteiger partial charge is 0.140 e. The van der Waals surface area contributed by atoms with Gasteiger partial charge in [-0.1, -0.05) is 29.8 Å². The summed E-state index contributed by atoms with van der Waals surface area (Å²) in [5.41, 5.74) is 1.83. The van der Waals surface area contributed by atoms with E-state index in [2.05, 4.69) is 6.07 Å². The lowest BCUT2D eigenvalue weighted by Gasteiger charge is -2.35. The quantitative estimate of drug-likeness (QED) is 0.782. The Morgan fingerprint density at radius 1 is 1.24 bits per heavy atom. The van der Waals surface area contributed by atoms with Crippen molar-refractivity contribution in [2.24, 2.45) is 0 Å². The maximum absolute atomic E-state index is 12.0. The van der Waals surface area contributed by atoms with Gasteiger partial charge in [0.1, 0.15) is 11.6 Å². The zero-order chi connectivity index (χ0) is 12.5. The van der Waals surface area contributed by atoms with Gasteiger partial charge in [0, 0.05) is 12.8 Å². The SMILES string of the molecule is CC(=O)C1(c2cccc(C)c2)CCC(=O)CC1. The molecule has 0 amide bonds. The Hall–Kier alpha value is -1.44. The molecule has 17 heavy (non-hydrogen) atoms. The van der Waals surface area contributed by atoms with Crippen molar-refractivity contribution < 1.29 is 9.59 Å². The van der Waals surface area contributed by atoms with Crippen LogP contribution in [0.15, 0.2) is 24.3 Å². The van der Waals surface area contributed by atoms with Crippen molar-refractivity contribution in [2.75, 3.05) is 0 Å². The molecule has 1 aromatic rings. The highest BCUT2D eigenvalue weighted by atomic mass is 16.1. The van der Waals surface area contributed by atoms with Crippen molar-refractivity contribution in [3.05, 3.63) is 35.4 Å². The highest BCUT2D eigenvalue weighted by molar-refractivity contribution is 5.91. The Balaban J connectivity index is 2.41. The van der Waals surface area contributed by atoms with Crippen LogP contribution in [0.2, 0.25) is 0 Å². The minimum atomic E-state index is -0.417. The van der Waals surface area contributed by atoms with Gasteiger partial charge in [0.15, 0.2) is 0 Å². The summed E-state index contributed by atoms with van der Waals surface area (Å²) in [6.45, 7) is 3.68. The number of rotatable bonds is 2. The molecule has 0 radical (unpaired) electrons. The van der Waals surface area contributed by atoms with Gasteiger partial charge in [-0.05, 0) is 32.3 Å². The first kappa shape index (κ1) is 12.0. The number of aryl methyl sites for hydroxylation is 1. The number of hydrogen-bond acceptors (Lipinski definition) is 2. The van der Waals surface area contributed by atoms with E-state index in [0.29, 0.717) is 25.7 Å². The lowest BCUT2D eigenvalue weighted by molar-refractivity contribution is -0.127. The summed E-state index contributed by atoms with van der Waals surface area (Å²) in [7, 11) is 0. The molecule has 0 atom stereocenters. The van der Waals surface area contributed by atoms with Crippen molar-refractivity contribution in [1.82, 2.24) is 0 Å². The van der Waals surface area contributed by atoms with E-state index in [1.165, 1.54) is 5.56 Å². The highest BCUT2D eigenvalue weighted by Gasteiger charge is 2.40. The van der Waals surface area contributed by atoms with E-state index in [1.807, 2.05) is 25.1 Å². The zero-order valence-electron chi connectivity index (χ0n) is 10.5. The van der Waals surface area contributed by atoms with Crippen molar-refractivity contribution in [1.29, 1.82) is 0 Å². The number of hydrogen-bond donors (Lipinski definition) is 0. The first-order valence-electron chi connectivity index (χ1n) is 6.14. The number of carbonyl (C=O) groups is 2. The molecule has 1 aliphatic carbocycles. The fraction of sp³-hybridized carbons (Fsp3) is 0.467. The van der Waals surface area contributed by atoms with Crippen LogP contribution in [0.4, 0.5) is 0 Å². The van der Waals surface area contributed by atoms with Gasteiger partial charge in [-0.3, -0.25) is 9.59 Å². The van der Waals surface area contributed by atoms with Crippen LogP contribution in [0.1, 0.15) is 43.7 Å². The average molecular weight is 230 g/mol. The number of carbonyl (C=O) groups excluding carboxylic acids is 2. The van der Waals surface area contributed by atoms with Crippen LogP contribution in [0, 0.1) is 6.92 Å². The van der Waals surface area contributed by atoms with Crippen molar-refractivity contribution in [2.45, 2.75) is 44.9 Å². The summed E-state index contributed by atoms with van der Waals surface area (Å²) in [6.07, 6.45) is 2.41. The number of ketones is 2. The molecule has 1 aliphatic rings. The molecule has 0 aliphatic heterocycles. The molecular formula is C15H18O2. The normalized spacial score (nSPS) is 19.1. The van der Waals surface area contributed by atoms with Gasteiger partial charge in [0.2, 0.25) is 0 Å². The number of benzene rings is 1. The number of Topliss-reactive ketones (excluding diaryl/α,β-unsaturated/α-hetero) is 2. The van der Waals surface area contributed by atoms with Crippen molar-refractivity contribution in [3.8, 4) is 0 Å². The van der Waals surface area contributed by atoms with Crippen molar-refractivity contribution >= 4 is 11.6 Å². The van der Waals surface area contributed by atoms with E-state index in [4.69, 9.17) is 0 Å². The van der Waals surface area contributed by atoms with Gasteiger partial charge < -0.3 is 0 Å². The third-order valence-electron chi connectivity index (χ3n) is 3.91. The minimum absolute atomic E-state index is 0.190. The Labute approximate surface area is 102 Å². The van der Waals surface area contributed by atoms with Gasteiger partial charge in [-0.25, -0.2) is 0 Å². The van der Waals surface area contributed by atoms with Gasteiger partial charge >= 0.3 is 0 Å². The maximum atomic E-state index is 12.0. The van der Waals surface area contributed by atoms with E-state index in [-0.39, 0.29) is 11.6 Å². The molecule has 2 rings (SSSR count). The van der Waals surface area contributed by atoms with Crippen LogP contribution in [0.5, 0.6) is 0 Å². The third kappa shape index (κ3) is 2.17. The van der Waals surface area contributed by atoms with E-state index in [0.717, 1.165) is 5.56 Å². The first-order chi connectivity index (χ1) is 8.04. The molecule has 1 aromatic carbocycles. The van der Waals surface area contributed by atoms with E-state index >= 15 is 0 Å². The average Bonchev–Trinajstić information content (AvgIpc) is 2.30. The first-order valence-corrected chi connectivity index (χ1v) is 6.14. The summed E-state index contributed by atoms with van der Waals surface area (Å²) in [5.74, 6) is 0.477. The minimum Gasteiger partial charge on any atom is -0.300 e. The Morgan fingerprint density at radius 2 is 1.88 bits per heavy atom. The monoisotopic (exact) mass is 230 g/mol. The fourth-order valence-electron chi connectivity index (χ4n) is 2.74. The molecule has 0 bridgehead atoms. The molecule has 2 heteroatoms. The largest absolute Gasteiger partial charge is 0.300 e. The van der Waals surface area contributed by atoms with Crippen LogP contribution in [-0.2, 0) is 15.0 Å². The third-order valence-corrected chi connectivity index (χ3v) is 3.91. The van der Waals surface area contributed by atoms with E-state index < -0.39 is 5.41 Å². The van der Waals surface area contributed by atoms with Crippen LogP contribution in [0.3, 0.4) is 0 Å². The van der Waals surface area contributed by atoms with Crippen LogP contribution in [0.25, 0.3) is 0 Å². The second-order valence-electron chi connectivity index (χ2n) is 5.05. The van der Waals surface area contributed by atoms with E-state index in [9.17, 15) is 9.59 Å². The summed E-state index contributed by atoms with van der Waals surface area (Å²) < 4.78 is 0. The second kappa shape index (κ2) is 4.44. The lowest BCUT2D eigenvalue weighted by atomic mass is 9.66. The Morgan fingerprint density at radius 3 is 2.41 bits per heavy atom. The molecule has 0 saturated heterocycles. The molecule has 0 spiro atoms.